The molecule has 68 valence electrons. The second-order valence-electron chi connectivity index (χ2n) is 3.45. The second kappa shape index (κ2) is 6.62. The Morgan fingerprint density at radius 1 is 1.36 bits per heavy atom. The predicted octanol–water partition coefficient (Wildman–Crippen LogP) is 1.46. The number of nitrogens with zero attached hydrogens (tertiary/aromatic N) is 1. The highest BCUT2D eigenvalue weighted by atomic mass is 15.1. The first-order valence-electron chi connectivity index (χ1n) is 4.61. The molecule has 0 spiro atoms. The number of unbranched alkanes of at least 4 members (excludes halogenated alkanes) is 2. The Morgan fingerprint density at radius 3 is 2.45 bits per heavy atom. The minimum Gasteiger partial charge on any atom is -0.327 e. The van der Waals surface area contributed by atoms with Crippen molar-refractivity contribution in [3.05, 3.63) is 0 Å². The molecule has 0 heterocycles. The summed E-state index contributed by atoms with van der Waals surface area (Å²) in [6, 6.07) is 0.307. The van der Waals surface area contributed by atoms with E-state index in [2.05, 4.69) is 25.8 Å². The maximum Gasteiger partial charge on any atom is 0.0139 e. The molecule has 0 aromatic carbocycles. The van der Waals surface area contributed by atoms with Crippen LogP contribution in [0.3, 0.4) is 0 Å². The van der Waals surface area contributed by atoms with Crippen molar-refractivity contribution < 1.29 is 0 Å². The van der Waals surface area contributed by atoms with Crippen molar-refractivity contribution in [2.75, 3.05) is 20.1 Å². The zero-order valence-electron chi connectivity index (χ0n) is 8.14. The van der Waals surface area contributed by atoms with E-state index in [9.17, 15) is 0 Å². The molecule has 0 fully saturated rings. The summed E-state index contributed by atoms with van der Waals surface area (Å²) in [5.41, 5.74) is 5.66. The lowest BCUT2D eigenvalue weighted by molar-refractivity contribution is 0.310. The number of rotatable bonds is 6. The van der Waals surface area contributed by atoms with E-state index >= 15 is 0 Å². The summed E-state index contributed by atoms with van der Waals surface area (Å²) in [4.78, 5) is 2.31. The van der Waals surface area contributed by atoms with E-state index in [0.717, 1.165) is 6.54 Å². The van der Waals surface area contributed by atoms with Crippen LogP contribution in [0.1, 0.15) is 33.1 Å². The smallest absolute Gasteiger partial charge is 0.0139 e. The molecule has 0 saturated carbocycles. The normalized spacial score (nSPS) is 13.9. The summed E-state index contributed by atoms with van der Waals surface area (Å²) in [5.74, 6) is 0. The zero-order valence-corrected chi connectivity index (χ0v) is 8.14. The van der Waals surface area contributed by atoms with Gasteiger partial charge in [0.2, 0.25) is 0 Å². The molecule has 0 saturated heterocycles. The standard InChI is InChI=1S/C9H22N2/c1-4-5-6-7-11(3)8-9(2)10/h9H,4-8,10H2,1-3H3/t9-/m1/s1. The highest BCUT2D eigenvalue weighted by Gasteiger charge is 1.99. The summed E-state index contributed by atoms with van der Waals surface area (Å²) in [6.07, 6.45) is 3.94. The van der Waals surface area contributed by atoms with Crippen molar-refractivity contribution in [2.24, 2.45) is 5.73 Å². The predicted molar refractivity (Wildman–Crippen MR) is 50.7 cm³/mol. The van der Waals surface area contributed by atoms with Gasteiger partial charge in [0.1, 0.15) is 0 Å². The molecule has 1 atom stereocenters. The SMILES string of the molecule is CCCCCN(C)C[C@@H](C)N. The van der Waals surface area contributed by atoms with Gasteiger partial charge in [-0.25, -0.2) is 0 Å². The monoisotopic (exact) mass is 158 g/mol. The van der Waals surface area contributed by atoms with Crippen LogP contribution in [0.15, 0.2) is 0 Å². The minimum atomic E-state index is 0.307. The first-order chi connectivity index (χ1) is 5.16. The third kappa shape index (κ3) is 7.82. The molecule has 0 aliphatic carbocycles. The minimum absolute atomic E-state index is 0.307. The largest absolute Gasteiger partial charge is 0.327 e. The fraction of sp³-hybridized carbons (Fsp3) is 1.00. The Morgan fingerprint density at radius 2 is 2.00 bits per heavy atom. The van der Waals surface area contributed by atoms with Crippen LogP contribution in [-0.4, -0.2) is 31.1 Å². The fourth-order valence-corrected chi connectivity index (χ4v) is 1.21. The Labute approximate surface area is 70.8 Å². The van der Waals surface area contributed by atoms with Crippen molar-refractivity contribution in [1.29, 1.82) is 0 Å². The van der Waals surface area contributed by atoms with E-state index in [-0.39, 0.29) is 0 Å². The molecule has 0 aromatic heterocycles. The highest BCUT2D eigenvalue weighted by molar-refractivity contribution is 4.59. The van der Waals surface area contributed by atoms with Gasteiger partial charge in [-0.2, -0.15) is 0 Å². The summed E-state index contributed by atoms with van der Waals surface area (Å²) < 4.78 is 0. The first kappa shape index (κ1) is 10.9. The summed E-state index contributed by atoms with van der Waals surface area (Å²) in [7, 11) is 2.14. The summed E-state index contributed by atoms with van der Waals surface area (Å²) in [6.45, 7) is 6.49. The number of likely N-dealkylation sites (N-methyl/N-ethyl adjacent to an activating group) is 1. The number of hydrogen-bond donors (Lipinski definition) is 1. The molecule has 0 aliphatic rings. The molecule has 0 aliphatic heterocycles. The Hall–Kier alpha value is -0.0800. The van der Waals surface area contributed by atoms with Crippen molar-refractivity contribution in [3.63, 3.8) is 0 Å². The van der Waals surface area contributed by atoms with E-state index in [1.54, 1.807) is 0 Å². The zero-order chi connectivity index (χ0) is 8.69. The lowest BCUT2D eigenvalue weighted by atomic mass is 10.2. The average Bonchev–Trinajstić information content (AvgIpc) is 1.86. The lowest BCUT2D eigenvalue weighted by Crippen LogP contribution is -2.33. The van der Waals surface area contributed by atoms with Crippen LogP contribution in [0.5, 0.6) is 0 Å². The van der Waals surface area contributed by atoms with Crippen LogP contribution in [0, 0.1) is 0 Å². The third-order valence-corrected chi connectivity index (χ3v) is 1.74. The first-order valence-corrected chi connectivity index (χ1v) is 4.61. The van der Waals surface area contributed by atoms with Gasteiger partial charge in [0, 0.05) is 12.6 Å². The maximum absolute atomic E-state index is 5.66. The van der Waals surface area contributed by atoms with Crippen LogP contribution in [0.25, 0.3) is 0 Å². The van der Waals surface area contributed by atoms with Crippen LogP contribution in [0.4, 0.5) is 0 Å². The lowest BCUT2D eigenvalue weighted by Gasteiger charge is -2.18. The van der Waals surface area contributed by atoms with Crippen molar-refractivity contribution >= 4 is 0 Å². The van der Waals surface area contributed by atoms with Gasteiger partial charge in [0.05, 0.1) is 0 Å². The van der Waals surface area contributed by atoms with Gasteiger partial charge in [-0.1, -0.05) is 19.8 Å². The number of nitrogens with two attached hydrogens (primary N) is 1. The maximum atomic E-state index is 5.66. The van der Waals surface area contributed by atoms with Gasteiger partial charge < -0.3 is 10.6 Å². The van der Waals surface area contributed by atoms with Crippen molar-refractivity contribution in [1.82, 2.24) is 4.90 Å². The topological polar surface area (TPSA) is 29.3 Å². The molecule has 0 amide bonds. The number of hydrogen-bond acceptors (Lipinski definition) is 2. The van der Waals surface area contributed by atoms with E-state index in [0.29, 0.717) is 6.04 Å². The second-order valence-corrected chi connectivity index (χ2v) is 3.45. The molecule has 11 heavy (non-hydrogen) atoms. The molecule has 2 N–H and O–H groups in total. The van der Waals surface area contributed by atoms with E-state index in [1.165, 1.54) is 25.8 Å². The van der Waals surface area contributed by atoms with Gasteiger partial charge >= 0.3 is 0 Å². The van der Waals surface area contributed by atoms with E-state index < -0.39 is 0 Å². The van der Waals surface area contributed by atoms with Gasteiger partial charge in [0.25, 0.3) is 0 Å². The van der Waals surface area contributed by atoms with Crippen molar-refractivity contribution in [2.45, 2.75) is 39.2 Å². The molecule has 0 bridgehead atoms. The van der Waals surface area contributed by atoms with Gasteiger partial charge in [0.15, 0.2) is 0 Å². The summed E-state index contributed by atoms with van der Waals surface area (Å²) in [5, 5.41) is 0. The van der Waals surface area contributed by atoms with Crippen LogP contribution in [-0.2, 0) is 0 Å². The Balaban J connectivity index is 3.15. The molecular formula is C9H22N2. The average molecular weight is 158 g/mol. The summed E-state index contributed by atoms with van der Waals surface area (Å²) >= 11 is 0. The third-order valence-electron chi connectivity index (χ3n) is 1.74. The van der Waals surface area contributed by atoms with Crippen molar-refractivity contribution in [3.8, 4) is 0 Å². The van der Waals surface area contributed by atoms with Gasteiger partial charge in [-0.3, -0.25) is 0 Å². The highest BCUT2D eigenvalue weighted by Crippen LogP contribution is 1.96. The van der Waals surface area contributed by atoms with Crippen LogP contribution in [0.2, 0.25) is 0 Å². The van der Waals surface area contributed by atoms with Crippen LogP contribution < -0.4 is 5.73 Å². The van der Waals surface area contributed by atoms with E-state index in [1.807, 2.05) is 0 Å². The quantitative estimate of drug-likeness (QED) is 0.593. The molecular weight excluding hydrogens is 136 g/mol. The van der Waals surface area contributed by atoms with Gasteiger partial charge in [-0.15, -0.1) is 0 Å². The van der Waals surface area contributed by atoms with E-state index in [4.69, 9.17) is 5.73 Å². The van der Waals surface area contributed by atoms with Gasteiger partial charge in [-0.05, 0) is 26.9 Å². The molecule has 0 unspecified atom stereocenters. The van der Waals surface area contributed by atoms with Crippen LogP contribution >= 0.6 is 0 Å². The molecule has 0 rings (SSSR count). The molecule has 0 aromatic rings. The fourth-order valence-electron chi connectivity index (χ4n) is 1.21. The Kier molecular flexibility index (Phi) is 6.57. The molecule has 2 heteroatoms. The molecule has 0 radical (unpaired) electrons. The molecule has 2 nitrogen and oxygen atoms in total. The Bertz CT molecular complexity index is 81.6.